The van der Waals surface area contributed by atoms with Crippen molar-refractivity contribution in [2.75, 3.05) is 13.1 Å². The summed E-state index contributed by atoms with van der Waals surface area (Å²) in [7, 11) is 0. The van der Waals surface area contributed by atoms with Crippen LogP contribution in [0.1, 0.15) is 12.5 Å². The van der Waals surface area contributed by atoms with Crippen LogP contribution < -0.4 is 5.73 Å². The fourth-order valence-electron chi connectivity index (χ4n) is 2.28. The van der Waals surface area contributed by atoms with Gasteiger partial charge in [-0.2, -0.15) is 4.39 Å². The molecule has 0 aliphatic carbocycles. The maximum Gasteiger partial charge on any atom is 0.304 e. The number of rotatable bonds is 3. The minimum Gasteiger partial charge on any atom is -0.326 e. The predicted octanol–water partition coefficient (Wildman–Crippen LogP) is 1.51. The van der Waals surface area contributed by atoms with Gasteiger partial charge in [0.05, 0.1) is 4.92 Å². The van der Waals surface area contributed by atoms with Gasteiger partial charge in [0.2, 0.25) is 5.82 Å². The van der Waals surface area contributed by atoms with Gasteiger partial charge in [0.25, 0.3) is 0 Å². The van der Waals surface area contributed by atoms with Gasteiger partial charge in [0.1, 0.15) is 0 Å². The molecule has 6 heteroatoms. The number of likely N-dealkylation sites (tertiary alicyclic amines) is 1. The first-order chi connectivity index (χ1) is 8.47. The molecular weight excluding hydrogens is 237 g/mol. The number of nitro benzene ring substituents is 1. The van der Waals surface area contributed by atoms with E-state index in [-0.39, 0.29) is 6.04 Å². The van der Waals surface area contributed by atoms with Gasteiger partial charge in [-0.3, -0.25) is 15.0 Å². The minimum absolute atomic E-state index is 0.146. The van der Waals surface area contributed by atoms with E-state index >= 15 is 0 Å². The zero-order chi connectivity index (χ0) is 13.3. The number of nitro groups is 1. The Labute approximate surface area is 105 Å². The highest BCUT2D eigenvalue weighted by Gasteiger charge is 2.26. The van der Waals surface area contributed by atoms with Crippen molar-refractivity contribution in [2.45, 2.75) is 19.5 Å². The van der Waals surface area contributed by atoms with Crippen molar-refractivity contribution in [2.24, 2.45) is 11.7 Å². The molecule has 18 heavy (non-hydrogen) atoms. The summed E-state index contributed by atoms with van der Waals surface area (Å²) in [5.41, 5.74) is 6.17. The first-order valence-electron chi connectivity index (χ1n) is 5.88. The molecule has 0 aromatic heterocycles. The third kappa shape index (κ3) is 2.65. The molecule has 0 amide bonds. The molecule has 1 aromatic carbocycles. The monoisotopic (exact) mass is 253 g/mol. The number of halogens is 1. The lowest BCUT2D eigenvalue weighted by Crippen LogP contribution is -2.28. The molecule has 2 unspecified atom stereocenters. The molecule has 0 radical (unpaired) electrons. The van der Waals surface area contributed by atoms with E-state index in [4.69, 9.17) is 5.73 Å². The van der Waals surface area contributed by atoms with E-state index < -0.39 is 16.4 Å². The van der Waals surface area contributed by atoms with Crippen LogP contribution >= 0.6 is 0 Å². The lowest BCUT2D eigenvalue weighted by molar-refractivity contribution is -0.387. The highest BCUT2D eigenvalue weighted by molar-refractivity contribution is 5.35. The summed E-state index contributed by atoms with van der Waals surface area (Å²) in [5.74, 6) is -0.359. The first kappa shape index (κ1) is 12.9. The van der Waals surface area contributed by atoms with Crippen LogP contribution in [-0.2, 0) is 6.54 Å². The van der Waals surface area contributed by atoms with E-state index in [2.05, 4.69) is 11.8 Å². The van der Waals surface area contributed by atoms with Crippen molar-refractivity contribution in [3.8, 4) is 0 Å². The average Bonchev–Trinajstić information content (AvgIpc) is 2.57. The second kappa shape index (κ2) is 4.99. The lowest BCUT2D eigenvalue weighted by atomic mass is 10.1. The molecule has 1 saturated heterocycles. The normalized spacial score (nSPS) is 24.4. The van der Waals surface area contributed by atoms with Gasteiger partial charge in [-0.25, -0.2) is 0 Å². The third-order valence-corrected chi connectivity index (χ3v) is 3.36. The molecule has 1 aliphatic rings. The van der Waals surface area contributed by atoms with E-state index in [1.807, 2.05) is 0 Å². The Morgan fingerprint density at radius 3 is 2.78 bits per heavy atom. The average molecular weight is 253 g/mol. The highest BCUT2D eigenvalue weighted by Crippen LogP contribution is 2.21. The Kier molecular flexibility index (Phi) is 3.58. The summed E-state index contributed by atoms with van der Waals surface area (Å²) in [5, 5.41) is 10.5. The molecule has 2 atom stereocenters. The van der Waals surface area contributed by atoms with Crippen molar-refractivity contribution in [3.05, 3.63) is 39.7 Å². The van der Waals surface area contributed by atoms with E-state index in [0.29, 0.717) is 12.5 Å². The van der Waals surface area contributed by atoms with Gasteiger partial charge in [-0.1, -0.05) is 13.0 Å². The minimum atomic E-state index is -0.783. The molecule has 0 bridgehead atoms. The van der Waals surface area contributed by atoms with E-state index in [9.17, 15) is 14.5 Å². The fourth-order valence-corrected chi connectivity index (χ4v) is 2.28. The molecule has 0 saturated carbocycles. The van der Waals surface area contributed by atoms with Gasteiger partial charge in [-0.15, -0.1) is 0 Å². The number of hydrogen-bond donors (Lipinski definition) is 1. The summed E-state index contributed by atoms with van der Waals surface area (Å²) in [6, 6.07) is 4.18. The Hall–Kier alpha value is -1.53. The summed E-state index contributed by atoms with van der Waals surface area (Å²) in [4.78, 5) is 11.9. The van der Waals surface area contributed by atoms with Crippen LogP contribution in [-0.4, -0.2) is 29.0 Å². The second-order valence-corrected chi connectivity index (χ2v) is 4.88. The standard InChI is InChI=1S/C12H16FN3O2/c1-8-5-15(7-11(8)14)6-9-2-3-12(16(17)18)10(13)4-9/h2-4,8,11H,5-7,14H2,1H3. The Bertz CT molecular complexity index is 457. The van der Waals surface area contributed by atoms with Gasteiger partial charge < -0.3 is 5.73 Å². The summed E-state index contributed by atoms with van der Waals surface area (Å²) < 4.78 is 13.4. The van der Waals surface area contributed by atoms with Crippen molar-refractivity contribution in [1.82, 2.24) is 4.90 Å². The van der Waals surface area contributed by atoms with E-state index in [1.54, 1.807) is 6.07 Å². The molecule has 5 nitrogen and oxygen atoms in total. The van der Waals surface area contributed by atoms with Crippen LogP contribution in [0.15, 0.2) is 18.2 Å². The molecule has 1 heterocycles. The van der Waals surface area contributed by atoms with Crippen LogP contribution in [0, 0.1) is 21.8 Å². The van der Waals surface area contributed by atoms with Crippen LogP contribution in [0.3, 0.4) is 0 Å². The van der Waals surface area contributed by atoms with E-state index in [1.165, 1.54) is 12.1 Å². The number of hydrogen-bond acceptors (Lipinski definition) is 4. The maximum atomic E-state index is 13.4. The van der Waals surface area contributed by atoms with Gasteiger partial charge >= 0.3 is 5.69 Å². The van der Waals surface area contributed by atoms with Crippen LogP contribution in [0.4, 0.5) is 10.1 Å². The summed E-state index contributed by atoms with van der Waals surface area (Å²) in [6.45, 7) is 4.31. The topological polar surface area (TPSA) is 72.4 Å². The maximum absolute atomic E-state index is 13.4. The van der Waals surface area contributed by atoms with Gasteiger partial charge in [-0.05, 0) is 17.5 Å². The van der Waals surface area contributed by atoms with Crippen molar-refractivity contribution in [1.29, 1.82) is 0 Å². The Morgan fingerprint density at radius 2 is 2.28 bits per heavy atom. The zero-order valence-corrected chi connectivity index (χ0v) is 10.2. The lowest BCUT2D eigenvalue weighted by Gasteiger charge is -2.15. The molecule has 98 valence electrons. The van der Waals surface area contributed by atoms with Gasteiger partial charge in [0.15, 0.2) is 0 Å². The Morgan fingerprint density at radius 1 is 1.56 bits per heavy atom. The highest BCUT2D eigenvalue weighted by atomic mass is 19.1. The zero-order valence-electron chi connectivity index (χ0n) is 10.2. The largest absolute Gasteiger partial charge is 0.326 e. The smallest absolute Gasteiger partial charge is 0.304 e. The number of nitrogens with two attached hydrogens (primary N) is 1. The van der Waals surface area contributed by atoms with Crippen LogP contribution in [0.5, 0.6) is 0 Å². The summed E-state index contributed by atoms with van der Waals surface area (Å²) in [6.07, 6.45) is 0. The van der Waals surface area contributed by atoms with Crippen LogP contribution in [0.2, 0.25) is 0 Å². The number of nitrogens with zero attached hydrogens (tertiary/aromatic N) is 2. The number of benzene rings is 1. The second-order valence-electron chi connectivity index (χ2n) is 4.88. The van der Waals surface area contributed by atoms with Crippen molar-refractivity contribution < 1.29 is 9.31 Å². The Balaban J connectivity index is 2.07. The van der Waals surface area contributed by atoms with Gasteiger partial charge in [0, 0.05) is 31.7 Å². The quantitative estimate of drug-likeness (QED) is 0.654. The molecule has 2 rings (SSSR count). The molecular formula is C12H16FN3O2. The molecule has 0 spiro atoms. The van der Waals surface area contributed by atoms with Crippen molar-refractivity contribution >= 4 is 5.69 Å². The predicted molar refractivity (Wildman–Crippen MR) is 65.5 cm³/mol. The fraction of sp³-hybridized carbons (Fsp3) is 0.500. The first-order valence-corrected chi connectivity index (χ1v) is 5.88. The molecule has 1 fully saturated rings. The summed E-state index contributed by atoms with van der Waals surface area (Å²) >= 11 is 0. The van der Waals surface area contributed by atoms with E-state index in [0.717, 1.165) is 18.7 Å². The third-order valence-electron chi connectivity index (χ3n) is 3.36. The van der Waals surface area contributed by atoms with Crippen LogP contribution in [0.25, 0.3) is 0 Å². The molecule has 2 N–H and O–H groups in total. The van der Waals surface area contributed by atoms with Crippen molar-refractivity contribution in [3.63, 3.8) is 0 Å². The molecule has 1 aromatic rings. The SMILES string of the molecule is CC1CN(Cc2ccc([N+](=O)[O-])c(F)c2)CC1N. The molecule has 1 aliphatic heterocycles.